The van der Waals surface area contributed by atoms with Crippen LogP contribution in [0.15, 0.2) is 48.9 Å². The first kappa shape index (κ1) is 17.1. The molecule has 0 fully saturated rings. The highest BCUT2D eigenvalue weighted by Crippen LogP contribution is 2.16. The zero-order valence-electron chi connectivity index (χ0n) is 14.5. The largest absolute Gasteiger partial charge is 0.379 e. The molecule has 0 spiro atoms. The number of imidazole rings is 1. The molecule has 1 amide bonds. The van der Waals surface area contributed by atoms with Gasteiger partial charge in [0.2, 0.25) is 0 Å². The van der Waals surface area contributed by atoms with Crippen LogP contribution in [0.3, 0.4) is 0 Å². The van der Waals surface area contributed by atoms with E-state index in [0.29, 0.717) is 18.7 Å². The molecule has 1 N–H and O–H groups in total. The molecule has 0 bridgehead atoms. The van der Waals surface area contributed by atoms with Crippen molar-refractivity contribution in [2.24, 2.45) is 0 Å². The Kier molecular flexibility index (Phi) is 5.40. The van der Waals surface area contributed by atoms with Gasteiger partial charge in [0.15, 0.2) is 5.65 Å². The number of hydrogen-bond acceptors (Lipinski definition) is 4. The van der Waals surface area contributed by atoms with Gasteiger partial charge < -0.3 is 10.1 Å². The van der Waals surface area contributed by atoms with Gasteiger partial charge in [0, 0.05) is 30.6 Å². The molecule has 0 atom stereocenters. The fourth-order valence-corrected chi connectivity index (χ4v) is 2.51. The monoisotopic (exact) mass is 338 g/mol. The number of ether oxygens (including phenoxy) is 1. The van der Waals surface area contributed by atoms with E-state index >= 15 is 0 Å². The maximum Gasteiger partial charge on any atom is 0.251 e. The van der Waals surface area contributed by atoms with Gasteiger partial charge in [-0.3, -0.25) is 9.36 Å². The Bertz CT molecular complexity index is 840. The summed E-state index contributed by atoms with van der Waals surface area (Å²) in [4.78, 5) is 20.9. The van der Waals surface area contributed by atoms with E-state index < -0.39 is 0 Å². The predicted octanol–water partition coefficient (Wildman–Crippen LogP) is 2.97. The highest BCUT2D eigenvalue weighted by molar-refractivity contribution is 5.94. The van der Waals surface area contributed by atoms with E-state index in [0.717, 1.165) is 23.3 Å². The summed E-state index contributed by atoms with van der Waals surface area (Å²) in [7, 11) is 0. The number of nitrogens with one attached hydrogen (secondary N) is 1. The summed E-state index contributed by atoms with van der Waals surface area (Å²) in [5.74, 6) is -0.0790. The summed E-state index contributed by atoms with van der Waals surface area (Å²) in [5.41, 5.74) is 3.19. The van der Waals surface area contributed by atoms with Crippen LogP contribution in [0.1, 0.15) is 30.6 Å². The maximum atomic E-state index is 12.2. The quantitative estimate of drug-likeness (QED) is 0.673. The van der Waals surface area contributed by atoms with Gasteiger partial charge in [0.25, 0.3) is 5.91 Å². The molecule has 1 aromatic carbocycles. The van der Waals surface area contributed by atoms with Gasteiger partial charge in [-0.05, 0) is 56.7 Å². The zero-order chi connectivity index (χ0) is 17.6. The number of amides is 1. The van der Waals surface area contributed by atoms with Gasteiger partial charge in [0.1, 0.15) is 11.8 Å². The van der Waals surface area contributed by atoms with E-state index in [1.54, 1.807) is 12.5 Å². The fourth-order valence-electron chi connectivity index (χ4n) is 2.51. The number of pyridine rings is 1. The summed E-state index contributed by atoms with van der Waals surface area (Å²) < 4.78 is 7.36. The Labute approximate surface area is 146 Å². The van der Waals surface area contributed by atoms with E-state index in [2.05, 4.69) is 15.3 Å². The van der Waals surface area contributed by atoms with Gasteiger partial charge in [0.05, 0.1) is 6.10 Å². The molecule has 25 heavy (non-hydrogen) atoms. The van der Waals surface area contributed by atoms with Crippen molar-refractivity contribution in [3.63, 3.8) is 0 Å². The third-order valence-electron chi connectivity index (χ3n) is 3.77. The second-order valence-electron chi connectivity index (χ2n) is 6.04. The number of fused-ring (bicyclic) bond motifs is 1. The smallest absolute Gasteiger partial charge is 0.251 e. The Balaban J connectivity index is 1.61. The molecular formula is C19H22N4O2. The van der Waals surface area contributed by atoms with Crippen LogP contribution in [-0.2, 0) is 4.74 Å². The van der Waals surface area contributed by atoms with Gasteiger partial charge in [-0.1, -0.05) is 0 Å². The second kappa shape index (κ2) is 7.90. The van der Waals surface area contributed by atoms with Crippen molar-refractivity contribution < 1.29 is 9.53 Å². The Morgan fingerprint density at radius 2 is 2.00 bits per heavy atom. The standard InChI is InChI=1S/C19H22N4O2/c1-14(2)25-12-4-11-21-19(24)15-6-8-16(9-7-15)23-13-22-17-5-3-10-20-18(17)23/h3,5-10,13-14H,4,11-12H2,1-2H3,(H,21,24). The minimum Gasteiger partial charge on any atom is -0.379 e. The van der Waals surface area contributed by atoms with Crippen LogP contribution in [0.25, 0.3) is 16.9 Å². The molecule has 0 aliphatic carbocycles. The van der Waals surface area contributed by atoms with Crippen molar-refractivity contribution in [3.05, 3.63) is 54.5 Å². The van der Waals surface area contributed by atoms with E-state index in [4.69, 9.17) is 4.74 Å². The molecule has 3 rings (SSSR count). The minimum absolute atomic E-state index is 0.0790. The van der Waals surface area contributed by atoms with Crippen molar-refractivity contribution in [1.82, 2.24) is 19.9 Å². The number of nitrogens with zero attached hydrogens (tertiary/aromatic N) is 3. The van der Waals surface area contributed by atoms with Gasteiger partial charge in [-0.2, -0.15) is 0 Å². The molecule has 0 saturated carbocycles. The predicted molar refractivity (Wildman–Crippen MR) is 96.9 cm³/mol. The van der Waals surface area contributed by atoms with E-state index in [9.17, 15) is 4.79 Å². The number of rotatable bonds is 7. The van der Waals surface area contributed by atoms with E-state index in [-0.39, 0.29) is 12.0 Å². The Hall–Kier alpha value is -2.73. The lowest BCUT2D eigenvalue weighted by Crippen LogP contribution is -2.25. The van der Waals surface area contributed by atoms with Crippen LogP contribution in [0.2, 0.25) is 0 Å². The number of benzene rings is 1. The summed E-state index contributed by atoms with van der Waals surface area (Å²) in [5, 5.41) is 2.91. The Morgan fingerprint density at radius 3 is 2.76 bits per heavy atom. The normalized spacial score (nSPS) is 11.2. The van der Waals surface area contributed by atoms with Gasteiger partial charge in [-0.25, -0.2) is 9.97 Å². The lowest BCUT2D eigenvalue weighted by atomic mass is 10.2. The summed E-state index contributed by atoms with van der Waals surface area (Å²) in [6.07, 6.45) is 4.50. The lowest BCUT2D eigenvalue weighted by Gasteiger charge is -2.09. The maximum absolute atomic E-state index is 12.2. The summed E-state index contributed by atoms with van der Waals surface area (Å²) in [6, 6.07) is 11.2. The molecule has 0 aliphatic rings. The topological polar surface area (TPSA) is 69.0 Å². The second-order valence-corrected chi connectivity index (χ2v) is 6.04. The molecule has 3 aromatic rings. The van der Waals surface area contributed by atoms with Crippen molar-refractivity contribution in [2.75, 3.05) is 13.2 Å². The summed E-state index contributed by atoms with van der Waals surface area (Å²) in [6.45, 7) is 5.25. The summed E-state index contributed by atoms with van der Waals surface area (Å²) >= 11 is 0. The third kappa shape index (κ3) is 4.22. The molecule has 6 heteroatoms. The number of carbonyl (C=O) groups excluding carboxylic acids is 1. The van der Waals surface area contributed by atoms with Gasteiger partial charge >= 0.3 is 0 Å². The molecule has 0 aliphatic heterocycles. The van der Waals surface area contributed by atoms with E-state index in [1.807, 2.05) is 54.8 Å². The average molecular weight is 338 g/mol. The Morgan fingerprint density at radius 1 is 1.20 bits per heavy atom. The first-order valence-corrected chi connectivity index (χ1v) is 8.43. The first-order valence-electron chi connectivity index (χ1n) is 8.43. The van der Waals surface area contributed by atoms with Crippen LogP contribution >= 0.6 is 0 Å². The molecule has 130 valence electrons. The van der Waals surface area contributed by atoms with E-state index in [1.165, 1.54) is 0 Å². The number of hydrogen-bond donors (Lipinski definition) is 1. The average Bonchev–Trinajstić information content (AvgIpc) is 3.05. The van der Waals surface area contributed by atoms with Crippen molar-refractivity contribution in [1.29, 1.82) is 0 Å². The molecule has 0 saturated heterocycles. The van der Waals surface area contributed by atoms with Crippen LogP contribution in [0.5, 0.6) is 0 Å². The highest BCUT2D eigenvalue weighted by Gasteiger charge is 2.08. The minimum atomic E-state index is -0.0790. The van der Waals surface area contributed by atoms with Crippen molar-refractivity contribution in [2.45, 2.75) is 26.4 Å². The third-order valence-corrected chi connectivity index (χ3v) is 3.77. The SMILES string of the molecule is CC(C)OCCCNC(=O)c1ccc(-n2cnc3cccnc32)cc1. The first-order chi connectivity index (χ1) is 12.1. The van der Waals surface area contributed by atoms with Gasteiger partial charge in [-0.15, -0.1) is 0 Å². The highest BCUT2D eigenvalue weighted by atomic mass is 16.5. The van der Waals surface area contributed by atoms with Crippen LogP contribution in [-0.4, -0.2) is 39.7 Å². The number of aromatic nitrogens is 3. The van der Waals surface area contributed by atoms with Crippen molar-refractivity contribution >= 4 is 17.1 Å². The molecular weight excluding hydrogens is 316 g/mol. The molecule has 0 radical (unpaired) electrons. The van der Waals surface area contributed by atoms with Crippen molar-refractivity contribution in [3.8, 4) is 5.69 Å². The number of carbonyl (C=O) groups is 1. The molecule has 2 heterocycles. The lowest BCUT2D eigenvalue weighted by molar-refractivity contribution is 0.0757. The van der Waals surface area contributed by atoms with Crippen LogP contribution in [0.4, 0.5) is 0 Å². The zero-order valence-corrected chi connectivity index (χ0v) is 14.5. The molecule has 0 unspecified atom stereocenters. The molecule has 6 nitrogen and oxygen atoms in total. The van der Waals surface area contributed by atoms with Crippen LogP contribution in [0, 0.1) is 0 Å². The molecule has 2 aromatic heterocycles. The van der Waals surface area contributed by atoms with Crippen LogP contribution < -0.4 is 5.32 Å². The fraction of sp³-hybridized carbons (Fsp3) is 0.316.